The minimum atomic E-state index is -1.43. The Morgan fingerprint density at radius 3 is 1.72 bits per heavy atom. The number of nitrogens with one attached hydrogen (secondary N) is 6. The molecule has 0 rings (SSSR count). The lowest BCUT2D eigenvalue weighted by Crippen LogP contribution is -2.44. The van der Waals surface area contributed by atoms with Gasteiger partial charge in [0.15, 0.2) is 0 Å². The largest absolute Gasteiger partial charge is 0.481 e. The van der Waals surface area contributed by atoms with Crippen molar-refractivity contribution in [3.8, 4) is 6.07 Å². The number of carbonyl (C=O) groups is 6. The van der Waals surface area contributed by atoms with Crippen LogP contribution in [0.25, 0.3) is 0 Å². The van der Waals surface area contributed by atoms with Gasteiger partial charge in [-0.05, 0) is 131 Å². The summed E-state index contributed by atoms with van der Waals surface area (Å²) in [7, 11) is 3.06. The first kappa shape index (κ1) is 85.3. The van der Waals surface area contributed by atoms with E-state index < -0.39 is 45.8 Å². The van der Waals surface area contributed by atoms with Gasteiger partial charge in [-0.15, -0.1) is 35.3 Å². The number of thiocarbonyl (C=S) groups is 1. The lowest BCUT2D eigenvalue weighted by molar-refractivity contribution is -0.146. The van der Waals surface area contributed by atoms with Crippen molar-refractivity contribution in [3.05, 3.63) is 0 Å². The number of hydrogen-bond acceptors (Lipinski definition) is 21. The molecule has 4 atom stereocenters. The summed E-state index contributed by atoms with van der Waals surface area (Å²) in [4.78, 5) is 81.7. The van der Waals surface area contributed by atoms with Gasteiger partial charge in [-0.2, -0.15) is 5.26 Å². The van der Waals surface area contributed by atoms with Crippen molar-refractivity contribution in [2.75, 3.05) is 156 Å². The number of carbonyl (C=O) groups excluding carboxylic acids is 5. The number of amides is 4. The van der Waals surface area contributed by atoms with E-state index in [1.165, 1.54) is 75.5 Å². The van der Waals surface area contributed by atoms with Gasteiger partial charge in [-0.1, -0.05) is 95.6 Å². The Kier molecular flexibility index (Phi) is 54.2. The molecule has 0 aromatic rings. The first-order valence-electron chi connectivity index (χ1n) is 32.2. The first-order valence-corrected chi connectivity index (χ1v) is 36.4. The van der Waals surface area contributed by atoms with Crippen molar-refractivity contribution in [1.29, 1.82) is 5.26 Å². The second-order valence-corrected chi connectivity index (χ2v) is 30.1. The molecular formula is C62H116N8O13S5. The molecule has 0 aliphatic heterocycles. The van der Waals surface area contributed by atoms with Gasteiger partial charge in [0.25, 0.3) is 0 Å². The predicted molar refractivity (Wildman–Crippen MR) is 365 cm³/mol. The maximum Gasteiger partial charge on any atom is 0.409 e. The predicted octanol–water partition coefficient (Wildman–Crippen LogP) is 9.05. The molecule has 21 nitrogen and oxygen atoms in total. The molecule has 88 heavy (non-hydrogen) atoms. The Balaban J connectivity index is 6.35. The minimum Gasteiger partial charge on any atom is -0.481 e. The minimum absolute atomic E-state index is 0.0395. The molecule has 4 amide bonds. The van der Waals surface area contributed by atoms with Crippen LogP contribution in [-0.2, 0) is 52.4 Å². The summed E-state index contributed by atoms with van der Waals surface area (Å²) in [6.07, 6.45) is 13.9. The number of carboxylic acids is 1. The van der Waals surface area contributed by atoms with E-state index in [2.05, 4.69) is 65.7 Å². The summed E-state index contributed by atoms with van der Waals surface area (Å²) in [5.41, 5.74) is -1.26. The Bertz CT molecular complexity index is 1920. The maximum atomic E-state index is 14.7. The average molecular weight is 1340 g/mol. The fraction of sp³-hybridized carbons (Fsp3) is 0.871. The van der Waals surface area contributed by atoms with Gasteiger partial charge in [-0.3, -0.25) is 24.0 Å². The lowest BCUT2D eigenvalue weighted by Gasteiger charge is -2.33. The highest BCUT2D eigenvalue weighted by molar-refractivity contribution is 8.47. The summed E-state index contributed by atoms with van der Waals surface area (Å²) < 4.78 is 32.2. The number of rotatable bonds is 60. The Morgan fingerprint density at radius 2 is 1.17 bits per heavy atom. The molecule has 0 aromatic carbocycles. The number of likely N-dealkylation sites (N-methyl/N-ethyl adjacent to an activating group) is 1. The third-order valence-electron chi connectivity index (χ3n) is 14.3. The number of nitrogens with zero attached hydrogens (tertiary/aromatic N) is 2. The molecule has 0 saturated heterocycles. The monoisotopic (exact) mass is 1340 g/mol. The molecule has 0 spiro atoms. The molecule has 4 unspecified atom stereocenters. The number of nitriles is 1. The second kappa shape index (κ2) is 55.9. The highest BCUT2D eigenvalue weighted by Gasteiger charge is 2.44. The summed E-state index contributed by atoms with van der Waals surface area (Å²) in [6.45, 7) is 22.2. The van der Waals surface area contributed by atoms with Gasteiger partial charge in [0.05, 0.1) is 55.2 Å². The number of hydrogen-bond donors (Lipinski definition) is 7. The van der Waals surface area contributed by atoms with Crippen LogP contribution >= 0.6 is 59.3 Å². The van der Waals surface area contributed by atoms with Crippen LogP contribution in [0.3, 0.4) is 0 Å². The molecule has 0 aromatic heterocycles. The average Bonchev–Trinajstić information content (AvgIpc) is 1.34. The molecule has 0 aliphatic carbocycles. The van der Waals surface area contributed by atoms with Gasteiger partial charge in [0.1, 0.15) is 28.1 Å². The number of thioether (sulfide) groups is 4. The lowest BCUT2D eigenvalue weighted by atomic mass is 9.74. The van der Waals surface area contributed by atoms with Crippen molar-refractivity contribution in [3.63, 3.8) is 0 Å². The van der Waals surface area contributed by atoms with Crippen LogP contribution in [0.1, 0.15) is 164 Å². The van der Waals surface area contributed by atoms with Crippen molar-refractivity contribution in [2.45, 2.75) is 173 Å². The third kappa shape index (κ3) is 47.2. The summed E-state index contributed by atoms with van der Waals surface area (Å²) >= 11 is 11.9. The molecule has 0 bridgehead atoms. The Morgan fingerprint density at radius 1 is 0.636 bits per heavy atom. The quantitative estimate of drug-likeness (QED) is 0.0129. The smallest absolute Gasteiger partial charge is 0.409 e. The Labute approximate surface area is 552 Å². The van der Waals surface area contributed by atoms with Crippen LogP contribution in [-0.4, -0.2) is 214 Å². The van der Waals surface area contributed by atoms with E-state index in [-0.39, 0.29) is 108 Å². The molecule has 0 fully saturated rings. The number of esters is 1. The molecule has 0 saturated carbocycles. The van der Waals surface area contributed by atoms with E-state index in [4.69, 9.17) is 40.6 Å². The summed E-state index contributed by atoms with van der Waals surface area (Å²) in [6, 6.07) is 2.25. The maximum absolute atomic E-state index is 14.7. The number of carboxylic acid groups (broad SMARTS) is 1. The van der Waals surface area contributed by atoms with Crippen LogP contribution in [0.4, 0.5) is 4.79 Å². The first-order chi connectivity index (χ1) is 42.2. The van der Waals surface area contributed by atoms with Gasteiger partial charge < -0.3 is 70.3 Å². The standard InChI is InChI=1S/C62H116N8O13S5/c1-10-13-14-15-16-17-18-19-20-21-43-85-59(84)88-62(7,57(76)82-41-44-86-60(4,5)87-45-42-83-58(77)70(12-3)34-24-31-67-30-23-29-66-28-22-27-65-11-2)48-52(56(75)69-33-36-80-39-40-81-49-53(71)64-8)46-51(47-61(6,50-63)26-25-54(72)73)55(74)68-32-35-79-38-37-78-9/h51-52,65-67H,10-49H2,1-9H3,(H,64,71)(H,68,74)(H,69,75)(H,72,73). The van der Waals surface area contributed by atoms with E-state index in [0.717, 1.165) is 83.5 Å². The molecule has 512 valence electrons. The third-order valence-corrected chi connectivity index (χ3v) is 20.0. The van der Waals surface area contributed by atoms with Crippen LogP contribution in [0.15, 0.2) is 0 Å². The zero-order valence-electron chi connectivity index (χ0n) is 55.2. The summed E-state index contributed by atoms with van der Waals surface area (Å²) in [5.74, 6) is -3.11. The number of methoxy groups -OCH3 is 1. The number of unbranched alkanes of at least 4 members (excludes halogenated alkanes) is 9. The van der Waals surface area contributed by atoms with Gasteiger partial charge >= 0.3 is 18.0 Å². The SMILES string of the molecule is CCCCCCCCCCCCSC(=S)SC(C)(CC(CC(CC(C)(C#N)CCC(=O)O)C(=O)NCCOCCOC)C(=O)NCCOCCOCC(=O)NC)C(=O)OCCSC(C)(C)SCCOC(=O)N(CC)CCCNCCCNCCCNCC. The normalized spacial score (nSPS) is 13.5. The molecular weight excluding hydrogens is 1230 g/mol. The van der Waals surface area contributed by atoms with E-state index >= 15 is 0 Å². The van der Waals surface area contributed by atoms with Crippen LogP contribution in [0.5, 0.6) is 0 Å². The molecule has 0 aliphatic rings. The van der Waals surface area contributed by atoms with Crippen molar-refractivity contribution < 1.29 is 62.3 Å². The second-order valence-electron chi connectivity index (χ2n) is 22.6. The van der Waals surface area contributed by atoms with Crippen LogP contribution in [0, 0.1) is 28.6 Å². The molecule has 26 heteroatoms. The fourth-order valence-electron chi connectivity index (χ4n) is 9.12. The molecule has 0 radical (unpaired) electrons. The van der Waals surface area contributed by atoms with Crippen molar-refractivity contribution in [1.82, 2.24) is 36.8 Å². The summed E-state index contributed by atoms with van der Waals surface area (Å²) in [5, 5.41) is 38.7. The van der Waals surface area contributed by atoms with E-state index in [9.17, 15) is 39.1 Å². The topological polar surface area (TPSA) is 277 Å². The van der Waals surface area contributed by atoms with Crippen LogP contribution < -0.4 is 31.9 Å². The van der Waals surface area contributed by atoms with Crippen molar-refractivity contribution in [2.24, 2.45) is 17.3 Å². The van der Waals surface area contributed by atoms with Crippen molar-refractivity contribution >= 4 is 98.5 Å². The van der Waals surface area contributed by atoms with Gasteiger partial charge in [0.2, 0.25) is 17.7 Å². The van der Waals surface area contributed by atoms with Gasteiger partial charge in [0, 0.05) is 70.1 Å². The highest BCUT2D eigenvalue weighted by Crippen LogP contribution is 2.42. The molecule has 0 heterocycles. The number of ether oxygens (including phenoxy) is 6. The van der Waals surface area contributed by atoms with E-state index in [0.29, 0.717) is 41.3 Å². The van der Waals surface area contributed by atoms with E-state index in [1.54, 1.807) is 49.4 Å². The highest BCUT2D eigenvalue weighted by atomic mass is 32.2. The Hall–Kier alpha value is -2.68. The van der Waals surface area contributed by atoms with Gasteiger partial charge in [-0.25, -0.2) is 4.79 Å². The van der Waals surface area contributed by atoms with E-state index in [1.807, 2.05) is 6.92 Å². The molecule has 7 N–H and O–H groups in total. The zero-order valence-corrected chi connectivity index (χ0v) is 59.3. The zero-order chi connectivity index (χ0) is 65.6. The van der Waals surface area contributed by atoms with Crippen LogP contribution in [0.2, 0.25) is 0 Å². The fourth-order valence-corrected chi connectivity index (χ4v) is 14.4. The number of aliphatic carboxylic acids is 1.